The van der Waals surface area contributed by atoms with Gasteiger partial charge in [0.25, 0.3) is 0 Å². The SMILES string of the molecule is CCCCC(Cc1c(Cl)cccc1Cl)NN. The largest absolute Gasteiger partial charge is 0.271 e. The summed E-state index contributed by atoms with van der Waals surface area (Å²) in [5, 5.41) is 1.42. The third-order valence-corrected chi connectivity index (χ3v) is 3.36. The monoisotopic (exact) mass is 260 g/mol. The maximum Gasteiger partial charge on any atom is 0.0453 e. The normalized spacial score (nSPS) is 12.8. The predicted octanol–water partition coefficient (Wildman–Crippen LogP) is 3.56. The summed E-state index contributed by atoms with van der Waals surface area (Å²) in [6.45, 7) is 2.16. The molecule has 0 fully saturated rings. The fourth-order valence-electron chi connectivity index (χ4n) is 1.67. The van der Waals surface area contributed by atoms with Crippen LogP contribution in [-0.2, 0) is 6.42 Å². The van der Waals surface area contributed by atoms with Crippen molar-refractivity contribution in [1.29, 1.82) is 0 Å². The van der Waals surface area contributed by atoms with E-state index in [-0.39, 0.29) is 6.04 Å². The Labute approximate surface area is 107 Å². The molecule has 0 saturated carbocycles. The van der Waals surface area contributed by atoms with Crippen molar-refractivity contribution >= 4 is 23.2 Å². The first-order valence-corrected chi connectivity index (χ1v) is 6.33. The summed E-state index contributed by atoms with van der Waals surface area (Å²) < 4.78 is 0. The molecule has 0 spiro atoms. The number of halogens is 2. The maximum absolute atomic E-state index is 6.11. The summed E-state index contributed by atoms with van der Waals surface area (Å²) in [7, 11) is 0. The number of rotatable bonds is 6. The summed E-state index contributed by atoms with van der Waals surface area (Å²) in [5.74, 6) is 5.53. The van der Waals surface area contributed by atoms with Crippen molar-refractivity contribution < 1.29 is 0 Å². The van der Waals surface area contributed by atoms with Crippen LogP contribution >= 0.6 is 23.2 Å². The maximum atomic E-state index is 6.11. The van der Waals surface area contributed by atoms with Gasteiger partial charge in [-0.15, -0.1) is 0 Å². The lowest BCUT2D eigenvalue weighted by Crippen LogP contribution is -2.36. The number of nitrogens with two attached hydrogens (primary N) is 1. The number of nitrogens with one attached hydrogen (secondary N) is 1. The smallest absolute Gasteiger partial charge is 0.0453 e. The first kappa shape index (κ1) is 13.8. The molecule has 90 valence electrons. The van der Waals surface area contributed by atoms with Gasteiger partial charge in [0.1, 0.15) is 0 Å². The minimum atomic E-state index is 0.234. The van der Waals surface area contributed by atoms with Crippen LogP contribution in [0.1, 0.15) is 31.7 Å². The Morgan fingerprint density at radius 1 is 1.31 bits per heavy atom. The molecule has 2 nitrogen and oxygen atoms in total. The fourth-order valence-corrected chi connectivity index (χ4v) is 2.22. The first-order valence-electron chi connectivity index (χ1n) is 5.58. The van der Waals surface area contributed by atoms with Crippen LogP contribution in [0.5, 0.6) is 0 Å². The molecule has 0 radical (unpaired) electrons. The molecule has 0 heterocycles. The van der Waals surface area contributed by atoms with Crippen molar-refractivity contribution in [1.82, 2.24) is 5.43 Å². The Morgan fingerprint density at radius 3 is 2.44 bits per heavy atom. The molecule has 0 bridgehead atoms. The zero-order chi connectivity index (χ0) is 12.0. The van der Waals surface area contributed by atoms with E-state index in [1.165, 1.54) is 0 Å². The van der Waals surface area contributed by atoms with Crippen LogP contribution in [0.25, 0.3) is 0 Å². The molecule has 0 aliphatic rings. The summed E-state index contributed by atoms with van der Waals surface area (Å²) in [4.78, 5) is 0. The second kappa shape index (κ2) is 7.13. The van der Waals surface area contributed by atoms with Gasteiger partial charge in [-0.3, -0.25) is 11.3 Å². The van der Waals surface area contributed by atoms with E-state index < -0.39 is 0 Å². The van der Waals surface area contributed by atoms with Crippen LogP contribution in [0.2, 0.25) is 10.0 Å². The van der Waals surface area contributed by atoms with E-state index in [1.807, 2.05) is 18.2 Å². The highest BCUT2D eigenvalue weighted by atomic mass is 35.5. The van der Waals surface area contributed by atoms with Crippen molar-refractivity contribution in [3.05, 3.63) is 33.8 Å². The molecule has 0 amide bonds. The molecule has 1 aromatic carbocycles. The van der Waals surface area contributed by atoms with Gasteiger partial charge in [-0.1, -0.05) is 49.0 Å². The number of hydrazine groups is 1. The van der Waals surface area contributed by atoms with E-state index in [4.69, 9.17) is 29.0 Å². The van der Waals surface area contributed by atoms with E-state index in [0.717, 1.165) is 31.2 Å². The Hall–Kier alpha value is -0.280. The molecule has 1 aromatic rings. The third kappa shape index (κ3) is 3.95. The standard InChI is InChI=1S/C12H18Cl2N2/c1-2-3-5-9(16-15)8-10-11(13)6-4-7-12(10)14/h4,6-7,9,16H,2-3,5,8,15H2,1H3. The van der Waals surface area contributed by atoms with Crippen molar-refractivity contribution in [2.45, 2.75) is 38.6 Å². The van der Waals surface area contributed by atoms with Crippen LogP contribution in [-0.4, -0.2) is 6.04 Å². The van der Waals surface area contributed by atoms with Gasteiger partial charge < -0.3 is 0 Å². The van der Waals surface area contributed by atoms with E-state index in [0.29, 0.717) is 10.0 Å². The molecule has 0 aliphatic carbocycles. The number of hydrogen-bond acceptors (Lipinski definition) is 2. The van der Waals surface area contributed by atoms with E-state index in [9.17, 15) is 0 Å². The van der Waals surface area contributed by atoms with E-state index in [2.05, 4.69) is 12.3 Å². The molecule has 3 N–H and O–H groups in total. The first-order chi connectivity index (χ1) is 7.69. The molecular formula is C12H18Cl2N2. The average Bonchev–Trinajstić information content (AvgIpc) is 2.28. The van der Waals surface area contributed by atoms with E-state index in [1.54, 1.807) is 0 Å². The molecule has 0 aliphatic heterocycles. The lowest BCUT2D eigenvalue weighted by atomic mass is 10.0. The Kier molecular flexibility index (Phi) is 6.14. The minimum Gasteiger partial charge on any atom is -0.271 e. The zero-order valence-corrected chi connectivity index (χ0v) is 11.0. The summed E-state index contributed by atoms with van der Waals surface area (Å²) in [6, 6.07) is 5.80. The van der Waals surface area contributed by atoms with Gasteiger partial charge in [0.2, 0.25) is 0 Å². The molecule has 16 heavy (non-hydrogen) atoms. The molecule has 4 heteroatoms. The van der Waals surface area contributed by atoms with Crippen LogP contribution in [0.3, 0.4) is 0 Å². The summed E-state index contributed by atoms with van der Waals surface area (Å²) in [6.07, 6.45) is 4.12. The van der Waals surface area contributed by atoms with E-state index >= 15 is 0 Å². The molecule has 1 rings (SSSR count). The Morgan fingerprint density at radius 2 is 1.94 bits per heavy atom. The molecule has 1 atom stereocenters. The molecular weight excluding hydrogens is 243 g/mol. The minimum absolute atomic E-state index is 0.234. The van der Waals surface area contributed by atoms with Crippen molar-refractivity contribution in [3.63, 3.8) is 0 Å². The fraction of sp³-hybridized carbons (Fsp3) is 0.500. The average molecular weight is 261 g/mol. The molecule has 0 saturated heterocycles. The number of benzene rings is 1. The second-order valence-electron chi connectivity index (χ2n) is 3.91. The van der Waals surface area contributed by atoms with Crippen LogP contribution in [0.4, 0.5) is 0 Å². The van der Waals surface area contributed by atoms with Crippen LogP contribution in [0.15, 0.2) is 18.2 Å². The quantitative estimate of drug-likeness (QED) is 0.607. The van der Waals surface area contributed by atoms with Gasteiger partial charge >= 0.3 is 0 Å². The van der Waals surface area contributed by atoms with Gasteiger partial charge in [0.05, 0.1) is 0 Å². The molecule has 1 unspecified atom stereocenters. The van der Waals surface area contributed by atoms with Crippen molar-refractivity contribution in [2.75, 3.05) is 0 Å². The number of unbranched alkanes of at least 4 members (excludes halogenated alkanes) is 1. The predicted molar refractivity (Wildman–Crippen MR) is 70.8 cm³/mol. The Balaban J connectivity index is 2.69. The van der Waals surface area contributed by atoms with Gasteiger partial charge in [0.15, 0.2) is 0 Å². The Bertz CT molecular complexity index is 309. The topological polar surface area (TPSA) is 38.0 Å². The lowest BCUT2D eigenvalue weighted by Gasteiger charge is -2.17. The summed E-state index contributed by atoms with van der Waals surface area (Å²) in [5.41, 5.74) is 3.80. The van der Waals surface area contributed by atoms with Crippen molar-refractivity contribution in [2.24, 2.45) is 5.84 Å². The van der Waals surface area contributed by atoms with Gasteiger partial charge in [-0.05, 0) is 30.5 Å². The lowest BCUT2D eigenvalue weighted by molar-refractivity contribution is 0.473. The molecule has 0 aromatic heterocycles. The summed E-state index contributed by atoms with van der Waals surface area (Å²) >= 11 is 12.2. The van der Waals surface area contributed by atoms with Crippen LogP contribution in [0, 0.1) is 0 Å². The zero-order valence-electron chi connectivity index (χ0n) is 9.47. The second-order valence-corrected chi connectivity index (χ2v) is 4.72. The van der Waals surface area contributed by atoms with Crippen molar-refractivity contribution in [3.8, 4) is 0 Å². The highest BCUT2D eigenvalue weighted by Gasteiger charge is 2.12. The number of hydrogen-bond donors (Lipinski definition) is 2. The van der Waals surface area contributed by atoms with Gasteiger partial charge in [0, 0.05) is 16.1 Å². The van der Waals surface area contributed by atoms with Gasteiger partial charge in [-0.2, -0.15) is 0 Å². The van der Waals surface area contributed by atoms with Crippen LogP contribution < -0.4 is 11.3 Å². The third-order valence-electron chi connectivity index (χ3n) is 2.65. The highest BCUT2D eigenvalue weighted by Crippen LogP contribution is 2.26. The van der Waals surface area contributed by atoms with Gasteiger partial charge in [-0.25, -0.2) is 0 Å². The highest BCUT2D eigenvalue weighted by molar-refractivity contribution is 6.35.